The number of rotatable bonds is 5. The van der Waals surface area contributed by atoms with Gasteiger partial charge >= 0.3 is 0 Å². The number of halogens is 3. The highest BCUT2D eigenvalue weighted by Crippen LogP contribution is 2.33. The Morgan fingerprint density at radius 1 is 0.862 bits per heavy atom. The monoisotopic (exact) mass is 482 g/mol. The minimum absolute atomic E-state index is 0.132. The van der Waals surface area contributed by atoms with Crippen LogP contribution in [0.3, 0.4) is 0 Å². The van der Waals surface area contributed by atoms with Gasteiger partial charge in [-0.15, -0.1) is 0 Å². The predicted octanol–water partition coefficient (Wildman–Crippen LogP) is 3.32. The fraction of sp³-hybridized carbons (Fsp3) is 0.611. The number of nitrogens with zero attached hydrogens (tertiary/aromatic N) is 3. The maximum atomic E-state index is 12.9. The zero-order valence-electron chi connectivity index (χ0n) is 16.0. The molecule has 11 heteroatoms. The van der Waals surface area contributed by atoms with Crippen molar-refractivity contribution < 1.29 is 13.2 Å². The standard InChI is InChI=1S/C18H25Cl3N4O3S/c19-14-11-15(20)18(16(21)12-14)22-17(26)13-23-7-9-25(10-8-23)29(27,28)24-5-3-1-2-4-6-24/h11-12H,1-10,13H2,(H,22,26). The molecule has 2 aliphatic rings. The lowest BCUT2D eigenvalue weighted by molar-refractivity contribution is -0.117. The van der Waals surface area contributed by atoms with E-state index in [2.05, 4.69) is 5.32 Å². The Balaban J connectivity index is 1.52. The Hall–Kier alpha value is -0.610. The molecule has 2 saturated heterocycles. The summed E-state index contributed by atoms with van der Waals surface area (Å²) in [4.78, 5) is 14.3. The van der Waals surface area contributed by atoms with Crippen molar-refractivity contribution in [2.75, 3.05) is 51.1 Å². The van der Waals surface area contributed by atoms with Gasteiger partial charge in [-0.05, 0) is 25.0 Å². The quantitative estimate of drug-likeness (QED) is 0.697. The van der Waals surface area contributed by atoms with Crippen LogP contribution < -0.4 is 5.32 Å². The maximum Gasteiger partial charge on any atom is 0.282 e. The average Bonchev–Trinajstić information content (AvgIpc) is 2.95. The van der Waals surface area contributed by atoms with E-state index >= 15 is 0 Å². The van der Waals surface area contributed by atoms with Crippen molar-refractivity contribution in [1.82, 2.24) is 13.5 Å². The summed E-state index contributed by atoms with van der Waals surface area (Å²) in [5.41, 5.74) is 0.324. The fourth-order valence-corrected chi connectivity index (χ4v) is 6.18. The van der Waals surface area contributed by atoms with Crippen LogP contribution in [0.5, 0.6) is 0 Å². The third kappa shape index (κ3) is 5.97. The Morgan fingerprint density at radius 3 is 1.93 bits per heavy atom. The van der Waals surface area contributed by atoms with E-state index in [0.29, 0.717) is 50.0 Å². The molecule has 29 heavy (non-hydrogen) atoms. The zero-order valence-corrected chi connectivity index (χ0v) is 19.1. The summed E-state index contributed by atoms with van der Waals surface area (Å²) in [7, 11) is -3.43. The summed E-state index contributed by atoms with van der Waals surface area (Å²) < 4.78 is 28.9. The van der Waals surface area contributed by atoms with E-state index < -0.39 is 10.2 Å². The number of anilines is 1. The fourth-order valence-electron chi connectivity index (χ4n) is 3.60. The number of hydrogen-bond acceptors (Lipinski definition) is 4. The highest BCUT2D eigenvalue weighted by atomic mass is 35.5. The van der Waals surface area contributed by atoms with Crippen LogP contribution in [0.2, 0.25) is 15.1 Å². The Morgan fingerprint density at radius 2 is 1.38 bits per heavy atom. The SMILES string of the molecule is O=C(CN1CCN(S(=O)(=O)N2CCCCCC2)CC1)Nc1c(Cl)cc(Cl)cc1Cl. The lowest BCUT2D eigenvalue weighted by Gasteiger charge is -2.36. The largest absolute Gasteiger partial charge is 0.322 e. The first kappa shape index (κ1) is 23.1. The molecule has 1 aromatic rings. The van der Waals surface area contributed by atoms with E-state index in [1.165, 1.54) is 16.4 Å². The summed E-state index contributed by atoms with van der Waals surface area (Å²) >= 11 is 18.1. The molecule has 0 aliphatic carbocycles. The third-order valence-electron chi connectivity index (χ3n) is 5.19. The van der Waals surface area contributed by atoms with Gasteiger partial charge in [-0.1, -0.05) is 47.6 Å². The molecule has 0 bridgehead atoms. The van der Waals surface area contributed by atoms with E-state index in [1.54, 1.807) is 4.31 Å². The second kappa shape index (κ2) is 10.1. The van der Waals surface area contributed by atoms with Crippen molar-refractivity contribution >= 4 is 56.6 Å². The van der Waals surface area contributed by atoms with E-state index in [9.17, 15) is 13.2 Å². The molecule has 2 fully saturated rings. The van der Waals surface area contributed by atoms with Gasteiger partial charge in [-0.25, -0.2) is 0 Å². The highest BCUT2D eigenvalue weighted by molar-refractivity contribution is 7.86. The van der Waals surface area contributed by atoms with Crippen molar-refractivity contribution in [1.29, 1.82) is 0 Å². The van der Waals surface area contributed by atoms with Crippen molar-refractivity contribution in [3.63, 3.8) is 0 Å². The van der Waals surface area contributed by atoms with Crippen LogP contribution in [0.4, 0.5) is 5.69 Å². The molecule has 2 heterocycles. The van der Waals surface area contributed by atoms with E-state index in [-0.39, 0.29) is 22.5 Å². The van der Waals surface area contributed by atoms with Crippen molar-refractivity contribution in [3.8, 4) is 0 Å². The molecule has 1 aromatic carbocycles. The number of piperazine rings is 1. The number of carbonyl (C=O) groups excluding carboxylic acids is 1. The van der Waals surface area contributed by atoms with Crippen LogP contribution in [0, 0.1) is 0 Å². The second-order valence-corrected chi connectivity index (χ2v) is 10.5. The van der Waals surface area contributed by atoms with Gasteiger partial charge in [0.05, 0.1) is 22.3 Å². The normalized spacial score (nSPS) is 20.4. The minimum atomic E-state index is -3.43. The van der Waals surface area contributed by atoms with Gasteiger partial charge < -0.3 is 5.32 Å². The van der Waals surface area contributed by atoms with Crippen molar-refractivity contribution in [2.24, 2.45) is 0 Å². The van der Waals surface area contributed by atoms with Gasteiger partial charge in [-0.3, -0.25) is 9.69 Å². The van der Waals surface area contributed by atoms with Crippen LogP contribution in [0.1, 0.15) is 25.7 Å². The summed E-state index contributed by atoms with van der Waals surface area (Å²) in [6.07, 6.45) is 3.98. The predicted molar refractivity (Wildman–Crippen MR) is 117 cm³/mol. The molecule has 3 rings (SSSR count). The molecule has 0 atom stereocenters. The molecule has 2 aliphatic heterocycles. The Kier molecular flexibility index (Phi) is 8.06. The van der Waals surface area contributed by atoms with Gasteiger partial charge in [0, 0.05) is 44.3 Å². The molecule has 0 saturated carbocycles. The van der Waals surface area contributed by atoms with Crippen LogP contribution >= 0.6 is 34.8 Å². The number of carbonyl (C=O) groups is 1. The molecule has 1 amide bonds. The van der Waals surface area contributed by atoms with Gasteiger partial charge in [0.15, 0.2) is 0 Å². The Bertz CT molecular complexity index is 814. The smallest absolute Gasteiger partial charge is 0.282 e. The van der Waals surface area contributed by atoms with Crippen LogP contribution in [-0.4, -0.2) is 73.6 Å². The maximum absolute atomic E-state index is 12.9. The molecular formula is C18H25Cl3N4O3S. The summed E-state index contributed by atoms with van der Waals surface area (Å²) in [5.74, 6) is -0.264. The first-order valence-electron chi connectivity index (χ1n) is 9.69. The van der Waals surface area contributed by atoms with Crippen LogP contribution in [0.25, 0.3) is 0 Å². The van der Waals surface area contributed by atoms with Gasteiger partial charge in [0.25, 0.3) is 10.2 Å². The van der Waals surface area contributed by atoms with Crippen molar-refractivity contribution in [3.05, 3.63) is 27.2 Å². The molecule has 0 spiro atoms. The summed E-state index contributed by atoms with van der Waals surface area (Å²) in [6.45, 7) is 3.03. The molecule has 1 N–H and O–H groups in total. The van der Waals surface area contributed by atoms with Gasteiger partial charge in [0.1, 0.15) is 0 Å². The third-order valence-corrected chi connectivity index (χ3v) is 8.04. The molecule has 0 aromatic heterocycles. The zero-order chi connectivity index (χ0) is 21.0. The van der Waals surface area contributed by atoms with E-state index in [4.69, 9.17) is 34.8 Å². The number of hydrogen-bond donors (Lipinski definition) is 1. The topological polar surface area (TPSA) is 73.0 Å². The van der Waals surface area contributed by atoms with Crippen LogP contribution in [0.15, 0.2) is 12.1 Å². The molecule has 162 valence electrons. The number of benzene rings is 1. The first-order chi connectivity index (χ1) is 13.8. The number of amides is 1. The second-order valence-electron chi connectivity index (χ2n) is 7.29. The average molecular weight is 484 g/mol. The lowest BCUT2D eigenvalue weighted by atomic mass is 10.2. The first-order valence-corrected chi connectivity index (χ1v) is 12.2. The van der Waals surface area contributed by atoms with Gasteiger partial charge in [-0.2, -0.15) is 17.0 Å². The molecule has 0 radical (unpaired) electrons. The molecular weight excluding hydrogens is 459 g/mol. The van der Waals surface area contributed by atoms with E-state index in [1.807, 2.05) is 4.90 Å². The van der Waals surface area contributed by atoms with E-state index in [0.717, 1.165) is 25.7 Å². The Labute approximate surface area is 187 Å². The van der Waals surface area contributed by atoms with Crippen LogP contribution in [-0.2, 0) is 15.0 Å². The summed E-state index contributed by atoms with van der Waals surface area (Å²) in [6, 6.07) is 3.02. The highest BCUT2D eigenvalue weighted by Gasteiger charge is 2.32. The lowest BCUT2D eigenvalue weighted by Crippen LogP contribution is -2.54. The molecule has 7 nitrogen and oxygen atoms in total. The number of nitrogens with one attached hydrogen (secondary N) is 1. The molecule has 0 unspecified atom stereocenters. The summed E-state index contributed by atoms with van der Waals surface area (Å²) in [5, 5.41) is 3.63. The minimum Gasteiger partial charge on any atom is -0.322 e. The van der Waals surface area contributed by atoms with Gasteiger partial charge in [0.2, 0.25) is 5.91 Å². The van der Waals surface area contributed by atoms with Crippen molar-refractivity contribution in [2.45, 2.75) is 25.7 Å².